The minimum absolute atomic E-state index is 0.140. The maximum Gasteiger partial charge on any atom is 0.414 e. The predicted molar refractivity (Wildman–Crippen MR) is 180 cm³/mol. The molecule has 0 aliphatic carbocycles. The largest absolute Gasteiger partial charge is 0.477 e. The van der Waals surface area contributed by atoms with Crippen LogP contribution < -0.4 is 19.7 Å². The monoisotopic (exact) mass is 705 g/mol. The third-order valence-corrected chi connectivity index (χ3v) is 10.6. The molecule has 1 spiro atoms. The molecule has 2 aliphatic rings. The second-order valence-electron chi connectivity index (χ2n) is 12.2. The predicted octanol–water partition coefficient (Wildman–Crippen LogP) is 6.80. The van der Waals surface area contributed by atoms with Crippen LogP contribution in [0.5, 0.6) is 5.75 Å². The second kappa shape index (κ2) is 13.3. The summed E-state index contributed by atoms with van der Waals surface area (Å²) in [5.41, 5.74) is 1.11. The van der Waals surface area contributed by atoms with Gasteiger partial charge in [0.05, 0.1) is 19.1 Å². The number of carbonyl (C=O) groups is 2. The SMILES string of the molecule is CCC(CC)(Oc1ccc(Cl)cc1[C@@H]1CCN[C@@H](c2cc(F)ccc2C)[C@@]12CN(C(=O)OC)c1cc(Cl)ccc12)C(=O)NS(C)(=O)=O. The standard InChI is InChI=1S/C34H38Cl2FN3O6S/c1-6-33(7-2,31(41)39-47(5,43)44)46-29-13-10-21(35)16-25(29)26-14-15-38-30(24-18-23(37)11-8-20(24)3)34(26)19-40(32(42)45-4)28-17-22(36)9-12-27(28)34/h8-13,16-18,26,30,38H,6-7,14-15,19H2,1-5H3,(H,39,41)/t26-,30-,34-/m0/s1. The minimum atomic E-state index is -3.87. The van der Waals surface area contributed by atoms with Gasteiger partial charge in [-0.05, 0) is 97.4 Å². The Labute approximate surface area is 284 Å². The highest BCUT2D eigenvalue weighted by molar-refractivity contribution is 7.89. The zero-order valence-electron chi connectivity index (χ0n) is 26.8. The van der Waals surface area contributed by atoms with Gasteiger partial charge in [0.2, 0.25) is 10.0 Å². The van der Waals surface area contributed by atoms with E-state index in [1.54, 1.807) is 50.2 Å². The Morgan fingerprint density at radius 1 is 1.06 bits per heavy atom. The Kier molecular flexibility index (Phi) is 9.86. The number of nitrogens with one attached hydrogen (secondary N) is 2. The van der Waals surface area contributed by atoms with Crippen LogP contribution in [0.1, 0.15) is 67.3 Å². The molecule has 13 heteroatoms. The number of aryl methyl sites for hydroxylation is 1. The first-order chi connectivity index (χ1) is 22.2. The molecule has 0 unspecified atom stereocenters. The number of fused-ring (bicyclic) bond motifs is 2. The lowest BCUT2D eigenvalue weighted by molar-refractivity contribution is -0.135. The number of nitrogens with zero attached hydrogens (tertiary/aromatic N) is 1. The average molecular weight is 707 g/mol. The van der Waals surface area contributed by atoms with Gasteiger partial charge in [0.15, 0.2) is 5.60 Å². The quantitative estimate of drug-likeness (QED) is 0.265. The topological polar surface area (TPSA) is 114 Å². The molecule has 2 heterocycles. The summed E-state index contributed by atoms with van der Waals surface area (Å²) in [4.78, 5) is 28.3. The maximum absolute atomic E-state index is 14.9. The Balaban J connectivity index is 1.77. The zero-order valence-corrected chi connectivity index (χ0v) is 29.2. The van der Waals surface area contributed by atoms with E-state index in [1.807, 2.05) is 13.0 Å². The van der Waals surface area contributed by atoms with Crippen LogP contribution in [0.3, 0.4) is 0 Å². The number of rotatable bonds is 8. The number of sulfonamides is 1. The number of anilines is 1. The van der Waals surface area contributed by atoms with Gasteiger partial charge < -0.3 is 14.8 Å². The summed E-state index contributed by atoms with van der Waals surface area (Å²) < 4.78 is 53.0. The highest BCUT2D eigenvalue weighted by atomic mass is 35.5. The number of benzene rings is 3. The Hall–Kier alpha value is -3.38. The van der Waals surface area contributed by atoms with E-state index in [2.05, 4.69) is 10.0 Å². The van der Waals surface area contributed by atoms with E-state index in [0.29, 0.717) is 40.0 Å². The van der Waals surface area contributed by atoms with Gasteiger partial charge in [-0.25, -0.2) is 22.3 Å². The normalized spacial score (nSPS) is 21.0. The van der Waals surface area contributed by atoms with Crippen LogP contribution >= 0.6 is 23.2 Å². The van der Waals surface area contributed by atoms with Gasteiger partial charge in [0.1, 0.15) is 11.6 Å². The smallest absolute Gasteiger partial charge is 0.414 e. The first-order valence-electron chi connectivity index (χ1n) is 15.3. The summed E-state index contributed by atoms with van der Waals surface area (Å²) in [5, 5.41) is 4.47. The molecule has 3 atom stereocenters. The van der Waals surface area contributed by atoms with Gasteiger partial charge >= 0.3 is 6.09 Å². The lowest BCUT2D eigenvalue weighted by Gasteiger charge is -2.49. The first-order valence-corrected chi connectivity index (χ1v) is 18.0. The number of carbonyl (C=O) groups excluding carboxylic acids is 2. The van der Waals surface area contributed by atoms with Gasteiger partial charge in [-0.3, -0.25) is 9.69 Å². The molecular weight excluding hydrogens is 668 g/mol. The molecule has 1 fully saturated rings. The van der Waals surface area contributed by atoms with Crippen molar-refractivity contribution in [1.29, 1.82) is 0 Å². The maximum atomic E-state index is 14.9. The van der Waals surface area contributed by atoms with Crippen molar-refractivity contribution in [2.75, 3.05) is 31.4 Å². The van der Waals surface area contributed by atoms with Gasteiger partial charge in [0, 0.05) is 34.0 Å². The van der Waals surface area contributed by atoms with E-state index < -0.39 is 50.8 Å². The lowest BCUT2D eigenvalue weighted by Crippen LogP contribution is -2.55. The molecule has 1 saturated heterocycles. The van der Waals surface area contributed by atoms with Crippen LogP contribution in [0.4, 0.5) is 14.9 Å². The van der Waals surface area contributed by atoms with E-state index in [0.717, 1.165) is 22.9 Å². The fraction of sp³-hybridized carbons (Fsp3) is 0.412. The van der Waals surface area contributed by atoms with Crippen molar-refractivity contribution in [3.05, 3.63) is 92.7 Å². The van der Waals surface area contributed by atoms with Crippen molar-refractivity contribution in [2.45, 2.75) is 63.0 Å². The second-order valence-corrected chi connectivity index (χ2v) is 14.8. The van der Waals surface area contributed by atoms with Crippen LogP contribution in [0, 0.1) is 12.7 Å². The molecule has 5 rings (SSSR count). The summed E-state index contributed by atoms with van der Waals surface area (Å²) in [7, 11) is -2.57. The van der Waals surface area contributed by atoms with Crippen LogP contribution in [0.25, 0.3) is 0 Å². The van der Waals surface area contributed by atoms with Crippen LogP contribution in [-0.4, -0.2) is 52.5 Å². The molecule has 0 aromatic heterocycles. The molecule has 3 aromatic carbocycles. The number of halogens is 3. The lowest BCUT2D eigenvalue weighted by atomic mass is 9.59. The summed E-state index contributed by atoms with van der Waals surface area (Å²) >= 11 is 13.1. The average Bonchev–Trinajstić information content (AvgIpc) is 3.34. The Bertz CT molecular complexity index is 1820. The summed E-state index contributed by atoms with van der Waals surface area (Å²) in [6, 6.07) is 14.6. The van der Waals surface area contributed by atoms with Crippen molar-refractivity contribution in [3.8, 4) is 5.75 Å². The molecule has 0 saturated carbocycles. The number of amides is 2. The van der Waals surface area contributed by atoms with E-state index in [-0.39, 0.29) is 19.4 Å². The molecule has 0 radical (unpaired) electrons. The molecule has 2 aliphatic heterocycles. The number of piperidine rings is 1. The first kappa shape index (κ1) is 34.9. The molecule has 252 valence electrons. The minimum Gasteiger partial charge on any atom is -0.477 e. The van der Waals surface area contributed by atoms with Gasteiger partial charge in [0.25, 0.3) is 5.91 Å². The highest BCUT2D eigenvalue weighted by Crippen LogP contribution is 2.60. The van der Waals surface area contributed by atoms with E-state index in [9.17, 15) is 22.4 Å². The molecule has 47 heavy (non-hydrogen) atoms. The van der Waals surface area contributed by atoms with Crippen molar-refractivity contribution >= 4 is 50.9 Å². The molecule has 0 bridgehead atoms. The fourth-order valence-electron chi connectivity index (χ4n) is 7.25. The van der Waals surface area contributed by atoms with Gasteiger partial charge in [-0.15, -0.1) is 0 Å². The summed E-state index contributed by atoms with van der Waals surface area (Å²) in [5.74, 6) is -1.25. The van der Waals surface area contributed by atoms with Crippen molar-refractivity contribution in [2.24, 2.45) is 0 Å². The number of methoxy groups -OCH3 is 1. The van der Waals surface area contributed by atoms with Gasteiger partial charge in [-0.2, -0.15) is 0 Å². The molecule has 2 amide bonds. The third-order valence-electron chi connectivity index (χ3n) is 9.52. The zero-order chi connectivity index (χ0) is 34.3. The third kappa shape index (κ3) is 6.42. The van der Waals surface area contributed by atoms with Crippen LogP contribution in [-0.2, 0) is 25.0 Å². The summed E-state index contributed by atoms with van der Waals surface area (Å²) in [6.45, 7) is 6.07. The molecule has 9 nitrogen and oxygen atoms in total. The molecular formula is C34H38Cl2FN3O6S. The Morgan fingerprint density at radius 2 is 1.74 bits per heavy atom. The van der Waals surface area contributed by atoms with Crippen molar-refractivity contribution in [1.82, 2.24) is 10.0 Å². The van der Waals surface area contributed by atoms with Crippen LogP contribution in [0.15, 0.2) is 54.6 Å². The Morgan fingerprint density at radius 3 is 2.40 bits per heavy atom. The van der Waals surface area contributed by atoms with Crippen molar-refractivity contribution < 1.29 is 31.9 Å². The number of ether oxygens (including phenoxy) is 2. The van der Waals surface area contributed by atoms with E-state index >= 15 is 0 Å². The molecule has 2 N–H and O–H groups in total. The van der Waals surface area contributed by atoms with E-state index in [1.165, 1.54) is 24.1 Å². The fourth-order valence-corrected chi connectivity index (χ4v) is 8.12. The van der Waals surface area contributed by atoms with Crippen molar-refractivity contribution in [3.63, 3.8) is 0 Å². The number of hydrogen-bond donors (Lipinski definition) is 2. The van der Waals surface area contributed by atoms with E-state index in [4.69, 9.17) is 32.7 Å². The van der Waals surface area contributed by atoms with Gasteiger partial charge in [-0.1, -0.05) is 49.2 Å². The summed E-state index contributed by atoms with van der Waals surface area (Å²) in [6.07, 6.45) is 1.22. The molecule has 3 aromatic rings. The number of hydrogen-bond acceptors (Lipinski definition) is 7. The van der Waals surface area contributed by atoms with Crippen LogP contribution in [0.2, 0.25) is 10.0 Å². The highest BCUT2D eigenvalue weighted by Gasteiger charge is 2.58.